The van der Waals surface area contributed by atoms with Gasteiger partial charge in [0.05, 0.1) is 10.6 Å². The summed E-state index contributed by atoms with van der Waals surface area (Å²) in [6.07, 6.45) is 0. The van der Waals surface area contributed by atoms with Crippen molar-refractivity contribution in [2.24, 2.45) is 0 Å². The van der Waals surface area contributed by atoms with E-state index in [9.17, 15) is 14.9 Å². The summed E-state index contributed by atoms with van der Waals surface area (Å²) in [6.45, 7) is 1.34. The van der Waals surface area contributed by atoms with Gasteiger partial charge in [0.1, 0.15) is 0 Å². The van der Waals surface area contributed by atoms with Gasteiger partial charge in [0.2, 0.25) is 17.4 Å². The number of hydrogen-bond acceptors (Lipinski definition) is 5. The molecule has 0 saturated carbocycles. The summed E-state index contributed by atoms with van der Waals surface area (Å²) in [4.78, 5) is 21.8. The van der Waals surface area contributed by atoms with E-state index in [1.54, 1.807) is 24.3 Å². The molecule has 21 heavy (non-hydrogen) atoms. The molecule has 3 rings (SSSR count). The Morgan fingerprint density at radius 1 is 1.10 bits per heavy atom. The normalized spacial score (nSPS) is 11.5. The van der Waals surface area contributed by atoms with Crippen LogP contribution in [-0.2, 0) is 4.79 Å². The zero-order chi connectivity index (χ0) is 15.0. The van der Waals surface area contributed by atoms with Crippen LogP contribution in [0, 0.1) is 10.1 Å². The molecule has 0 aromatic heterocycles. The van der Waals surface area contributed by atoms with Crippen molar-refractivity contribution < 1.29 is 19.2 Å². The van der Waals surface area contributed by atoms with E-state index in [0.717, 1.165) is 0 Å². The lowest BCUT2D eigenvalue weighted by Crippen LogP contribution is -2.10. The van der Waals surface area contributed by atoms with Crippen LogP contribution in [0.1, 0.15) is 6.92 Å². The lowest BCUT2D eigenvalue weighted by atomic mass is 10.2. The van der Waals surface area contributed by atoms with Crippen LogP contribution in [0.15, 0.2) is 36.4 Å². The number of carbonyl (C=O) groups is 1. The van der Waals surface area contributed by atoms with Crippen molar-refractivity contribution in [3.05, 3.63) is 46.5 Å². The van der Waals surface area contributed by atoms with Gasteiger partial charge in [0, 0.05) is 13.0 Å². The highest BCUT2D eigenvalue weighted by Crippen LogP contribution is 2.52. The first-order valence-electron chi connectivity index (χ1n) is 6.10. The average Bonchev–Trinajstić information content (AvgIpc) is 2.44. The summed E-state index contributed by atoms with van der Waals surface area (Å²) < 4.78 is 11.2. The van der Waals surface area contributed by atoms with Crippen LogP contribution in [0.25, 0.3) is 0 Å². The first-order valence-corrected chi connectivity index (χ1v) is 6.10. The number of nitrogens with one attached hydrogen (secondary N) is 1. The van der Waals surface area contributed by atoms with Gasteiger partial charge < -0.3 is 14.8 Å². The molecule has 0 radical (unpaired) electrons. The number of rotatable bonds is 2. The van der Waals surface area contributed by atoms with Crippen LogP contribution in [-0.4, -0.2) is 10.8 Å². The summed E-state index contributed by atoms with van der Waals surface area (Å²) in [5.41, 5.74) is 0.0891. The minimum Gasteiger partial charge on any atom is -0.447 e. The van der Waals surface area contributed by atoms with Crippen molar-refractivity contribution in [2.45, 2.75) is 6.92 Å². The summed E-state index contributed by atoms with van der Waals surface area (Å²) in [5, 5.41) is 13.7. The molecule has 1 N–H and O–H groups in total. The molecule has 1 aliphatic heterocycles. The number of nitro groups is 1. The van der Waals surface area contributed by atoms with Gasteiger partial charge in [0.25, 0.3) is 0 Å². The third-order valence-electron chi connectivity index (χ3n) is 2.87. The number of hydrogen-bond donors (Lipinski definition) is 1. The van der Waals surface area contributed by atoms with Crippen molar-refractivity contribution in [1.29, 1.82) is 0 Å². The Morgan fingerprint density at radius 2 is 1.71 bits per heavy atom. The van der Waals surface area contributed by atoms with Gasteiger partial charge in [-0.15, -0.1) is 0 Å². The predicted molar refractivity (Wildman–Crippen MR) is 74.0 cm³/mol. The van der Waals surface area contributed by atoms with E-state index < -0.39 is 4.92 Å². The Hall–Kier alpha value is -3.09. The van der Waals surface area contributed by atoms with Gasteiger partial charge in [-0.2, -0.15) is 0 Å². The zero-order valence-electron chi connectivity index (χ0n) is 11.0. The first-order chi connectivity index (χ1) is 10.1. The summed E-state index contributed by atoms with van der Waals surface area (Å²) in [5.74, 6) is 0.599. The Kier molecular flexibility index (Phi) is 2.94. The number of ether oxygens (including phenoxy) is 2. The number of para-hydroxylation sites is 2. The van der Waals surface area contributed by atoms with Crippen LogP contribution in [0.4, 0.5) is 11.4 Å². The lowest BCUT2D eigenvalue weighted by molar-refractivity contribution is -0.385. The molecule has 0 unspecified atom stereocenters. The minimum absolute atomic E-state index is 0.0232. The van der Waals surface area contributed by atoms with Crippen LogP contribution >= 0.6 is 0 Å². The highest BCUT2D eigenvalue weighted by molar-refractivity contribution is 5.92. The van der Waals surface area contributed by atoms with Crippen molar-refractivity contribution in [3.8, 4) is 23.0 Å². The second-order valence-electron chi connectivity index (χ2n) is 4.38. The van der Waals surface area contributed by atoms with E-state index >= 15 is 0 Å². The maximum absolute atomic E-state index is 11.2. The Labute approximate surface area is 119 Å². The van der Waals surface area contributed by atoms with E-state index in [0.29, 0.717) is 17.2 Å². The average molecular weight is 286 g/mol. The second kappa shape index (κ2) is 4.78. The molecule has 0 bridgehead atoms. The SMILES string of the molecule is CC(=O)Nc1ccc([N+](=O)[O-])c2c1Oc1ccccc1O2. The fourth-order valence-corrected chi connectivity index (χ4v) is 2.02. The molecule has 106 valence electrons. The van der Waals surface area contributed by atoms with E-state index in [1.807, 2.05) is 0 Å². The van der Waals surface area contributed by atoms with Gasteiger partial charge >= 0.3 is 5.69 Å². The van der Waals surface area contributed by atoms with Crippen molar-refractivity contribution in [2.75, 3.05) is 5.32 Å². The number of benzene rings is 2. The van der Waals surface area contributed by atoms with E-state index in [4.69, 9.17) is 9.47 Å². The highest BCUT2D eigenvalue weighted by atomic mass is 16.6. The molecule has 1 amide bonds. The number of carbonyl (C=O) groups excluding carboxylic acids is 1. The minimum atomic E-state index is -0.562. The van der Waals surface area contributed by atoms with E-state index in [-0.39, 0.29) is 23.1 Å². The fourth-order valence-electron chi connectivity index (χ4n) is 2.02. The maximum Gasteiger partial charge on any atom is 0.315 e. The molecule has 0 saturated heterocycles. The number of nitro benzene ring substituents is 1. The van der Waals surface area contributed by atoms with E-state index in [1.165, 1.54) is 19.1 Å². The van der Waals surface area contributed by atoms with Crippen LogP contribution < -0.4 is 14.8 Å². The van der Waals surface area contributed by atoms with Gasteiger partial charge in [-0.1, -0.05) is 12.1 Å². The quantitative estimate of drug-likeness (QED) is 0.575. The monoisotopic (exact) mass is 286 g/mol. The molecule has 0 atom stereocenters. The molecule has 0 aliphatic carbocycles. The Balaban J connectivity index is 2.16. The lowest BCUT2D eigenvalue weighted by Gasteiger charge is -2.22. The molecule has 1 aliphatic rings. The van der Waals surface area contributed by atoms with Gasteiger partial charge in [-0.3, -0.25) is 14.9 Å². The van der Waals surface area contributed by atoms with Crippen LogP contribution in [0.3, 0.4) is 0 Å². The third-order valence-corrected chi connectivity index (χ3v) is 2.87. The second-order valence-corrected chi connectivity index (χ2v) is 4.38. The number of amides is 1. The molecular formula is C14H10N2O5. The van der Waals surface area contributed by atoms with Crippen molar-refractivity contribution >= 4 is 17.3 Å². The summed E-state index contributed by atoms with van der Waals surface area (Å²) in [7, 11) is 0. The maximum atomic E-state index is 11.2. The van der Waals surface area contributed by atoms with E-state index in [2.05, 4.69) is 5.32 Å². The number of fused-ring (bicyclic) bond motifs is 2. The molecule has 7 heteroatoms. The van der Waals surface area contributed by atoms with Crippen molar-refractivity contribution in [1.82, 2.24) is 0 Å². The fraction of sp³-hybridized carbons (Fsp3) is 0.0714. The van der Waals surface area contributed by atoms with Gasteiger partial charge in [0.15, 0.2) is 11.5 Å². The number of anilines is 1. The van der Waals surface area contributed by atoms with Gasteiger partial charge in [-0.05, 0) is 18.2 Å². The Morgan fingerprint density at radius 3 is 2.29 bits per heavy atom. The van der Waals surface area contributed by atoms with Crippen LogP contribution in [0.5, 0.6) is 23.0 Å². The zero-order valence-corrected chi connectivity index (χ0v) is 11.0. The molecule has 0 fully saturated rings. The molecular weight excluding hydrogens is 276 g/mol. The third kappa shape index (κ3) is 2.25. The van der Waals surface area contributed by atoms with Crippen LogP contribution in [0.2, 0.25) is 0 Å². The standard InChI is InChI=1S/C14H10N2O5/c1-8(17)15-9-6-7-10(16(18)19)14-13(9)20-11-4-2-3-5-12(11)21-14/h2-7H,1H3,(H,15,17). The molecule has 2 aromatic carbocycles. The molecule has 1 heterocycles. The Bertz CT molecular complexity index is 757. The first kappa shape index (κ1) is 12.9. The van der Waals surface area contributed by atoms with Crippen molar-refractivity contribution in [3.63, 3.8) is 0 Å². The smallest absolute Gasteiger partial charge is 0.315 e. The highest BCUT2D eigenvalue weighted by Gasteiger charge is 2.30. The summed E-state index contributed by atoms with van der Waals surface area (Å²) >= 11 is 0. The topological polar surface area (TPSA) is 90.7 Å². The molecule has 7 nitrogen and oxygen atoms in total. The summed E-state index contributed by atoms with van der Waals surface area (Å²) in [6, 6.07) is 9.48. The molecule has 0 spiro atoms. The predicted octanol–water partition coefficient (Wildman–Crippen LogP) is 3.45. The molecule has 2 aromatic rings. The van der Waals surface area contributed by atoms with Gasteiger partial charge in [-0.25, -0.2) is 0 Å². The number of nitrogens with zero attached hydrogens (tertiary/aromatic N) is 1. The largest absolute Gasteiger partial charge is 0.447 e.